The van der Waals surface area contributed by atoms with E-state index in [0.717, 1.165) is 30.0 Å². The van der Waals surface area contributed by atoms with Crippen LogP contribution in [0.15, 0.2) is 83.8 Å². The lowest BCUT2D eigenvalue weighted by Gasteiger charge is -2.34. The number of sulfonamides is 1. The third-order valence-electron chi connectivity index (χ3n) is 7.11. The minimum atomic E-state index is -4.15. The highest BCUT2D eigenvalue weighted by Crippen LogP contribution is 2.27. The quantitative estimate of drug-likeness (QED) is 0.289. The lowest BCUT2D eigenvalue weighted by molar-refractivity contribution is -0.140. The first-order chi connectivity index (χ1) is 19.2. The molecular formula is C30H33Cl2N3O4S. The van der Waals surface area contributed by atoms with Crippen LogP contribution in [0.2, 0.25) is 10.0 Å². The summed E-state index contributed by atoms with van der Waals surface area (Å²) in [5.41, 5.74) is 0.989. The molecule has 2 amide bonds. The van der Waals surface area contributed by atoms with Crippen LogP contribution in [0.5, 0.6) is 0 Å². The van der Waals surface area contributed by atoms with Crippen LogP contribution in [0.25, 0.3) is 0 Å². The molecule has 1 aliphatic carbocycles. The molecule has 1 aliphatic rings. The highest BCUT2D eigenvalue weighted by molar-refractivity contribution is 7.92. The predicted octanol–water partition coefficient (Wildman–Crippen LogP) is 6.05. The van der Waals surface area contributed by atoms with E-state index in [-0.39, 0.29) is 23.4 Å². The zero-order chi connectivity index (χ0) is 28.7. The van der Waals surface area contributed by atoms with Crippen molar-refractivity contribution in [3.05, 3.63) is 94.5 Å². The van der Waals surface area contributed by atoms with Crippen molar-refractivity contribution in [2.45, 2.75) is 62.6 Å². The van der Waals surface area contributed by atoms with Gasteiger partial charge in [0.25, 0.3) is 10.0 Å². The van der Waals surface area contributed by atoms with E-state index in [9.17, 15) is 18.0 Å². The van der Waals surface area contributed by atoms with Crippen molar-refractivity contribution in [1.29, 1.82) is 0 Å². The Kier molecular flexibility index (Phi) is 10.1. The summed E-state index contributed by atoms with van der Waals surface area (Å²) < 4.78 is 28.7. The lowest BCUT2D eigenvalue weighted by Crippen LogP contribution is -2.53. The summed E-state index contributed by atoms with van der Waals surface area (Å²) in [6.07, 6.45) is 4.27. The molecule has 3 aromatic rings. The number of benzene rings is 3. The standard InChI is InChI=1S/C30H33Cl2N3O4S/c1-2-28(30(37)33-24-11-7-8-12-24)34(20-22-10-6-9-15-27(22)32)29(36)21-35(25-13-4-3-5-14-25)40(38,39)26-18-16-23(31)17-19-26/h3-6,9-10,13-19,24,28H,2,7-8,11-12,20-21H2,1H3,(H,33,37)/t28-/m1/s1. The van der Waals surface area contributed by atoms with Crippen LogP contribution < -0.4 is 9.62 Å². The minimum absolute atomic E-state index is 0.00257. The summed E-state index contributed by atoms with van der Waals surface area (Å²) in [4.78, 5) is 29.0. The van der Waals surface area contributed by atoms with E-state index in [0.29, 0.717) is 27.7 Å². The van der Waals surface area contributed by atoms with E-state index in [1.165, 1.54) is 29.2 Å². The number of nitrogens with zero attached hydrogens (tertiary/aromatic N) is 2. The van der Waals surface area contributed by atoms with Crippen LogP contribution in [0.4, 0.5) is 5.69 Å². The third-order valence-corrected chi connectivity index (χ3v) is 9.52. The van der Waals surface area contributed by atoms with Gasteiger partial charge < -0.3 is 10.2 Å². The number of nitrogens with one attached hydrogen (secondary N) is 1. The molecule has 1 N–H and O–H groups in total. The van der Waals surface area contributed by atoms with Gasteiger partial charge in [0.1, 0.15) is 12.6 Å². The molecule has 0 saturated heterocycles. The van der Waals surface area contributed by atoms with Gasteiger partial charge in [-0.25, -0.2) is 8.42 Å². The Morgan fingerprint density at radius 2 is 1.55 bits per heavy atom. The average Bonchev–Trinajstić information content (AvgIpc) is 3.46. The molecule has 40 heavy (non-hydrogen) atoms. The van der Waals surface area contributed by atoms with Crippen LogP contribution in [0.1, 0.15) is 44.6 Å². The lowest BCUT2D eigenvalue weighted by atomic mass is 10.1. The Bertz CT molecular complexity index is 1410. The van der Waals surface area contributed by atoms with Gasteiger partial charge in [0.2, 0.25) is 11.8 Å². The summed E-state index contributed by atoms with van der Waals surface area (Å²) in [6.45, 7) is 1.39. The molecule has 0 bridgehead atoms. The number of carbonyl (C=O) groups excluding carboxylic acids is 2. The SMILES string of the molecule is CC[C@H](C(=O)NC1CCCC1)N(Cc1ccccc1Cl)C(=O)CN(c1ccccc1)S(=O)(=O)c1ccc(Cl)cc1. The van der Waals surface area contributed by atoms with Gasteiger partial charge in [-0.3, -0.25) is 13.9 Å². The van der Waals surface area contributed by atoms with Crippen LogP contribution in [0, 0.1) is 0 Å². The van der Waals surface area contributed by atoms with E-state index in [2.05, 4.69) is 5.32 Å². The first-order valence-electron chi connectivity index (χ1n) is 13.4. The van der Waals surface area contributed by atoms with Crippen LogP contribution in [-0.4, -0.2) is 43.8 Å². The largest absolute Gasteiger partial charge is 0.352 e. The molecular weight excluding hydrogens is 569 g/mol. The normalized spacial score (nSPS) is 14.5. The molecule has 0 spiro atoms. The van der Waals surface area contributed by atoms with Crippen LogP contribution in [-0.2, 0) is 26.2 Å². The third kappa shape index (κ3) is 7.16. The number of carbonyl (C=O) groups is 2. The fourth-order valence-corrected chi connectivity index (χ4v) is 6.69. The Hall–Kier alpha value is -3.07. The molecule has 7 nitrogen and oxygen atoms in total. The molecule has 0 heterocycles. The Labute approximate surface area is 246 Å². The first-order valence-corrected chi connectivity index (χ1v) is 15.6. The van der Waals surface area contributed by atoms with Gasteiger partial charge in [-0.15, -0.1) is 0 Å². The van der Waals surface area contributed by atoms with Crippen molar-refractivity contribution < 1.29 is 18.0 Å². The molecule has 4 rings (SSSR count). The van der Waals surface area contributed by atoms with Crippen molar-refractivity contribution in [3.63, 3.8) is 0 Å². The molecule has 3 aromatic carbocycles. The summed E-state index contributed by atoms with van der Waals surface area (Å²) in [7, 11) is -4.15. The molecule has 1 atom stereocenters. The van der Waals surface area contributed by atoms with E-state index < -0.39 is 28.5 Å². The summed E-state index contributed by atoms with van der Waals surface area (Å²) in [6, 6.07) is 20.6. The monoisotopic (exact) mass is 601 g/mol. The van der Waals surface area contributed by atoms with Crippen molar-refractivity contribution in [2.24, 2.45) is 0 Å². The molecule has 0 aliphatic heterocycles. The van der Waals surface area contributed by atoms with E-state index >= 15 is 0 Å². The van der Waals surface area contributed by atoms with Crippen LogP contribution >= 0.6 is 23.2 Å². The van der Waals surface area contributed by atoms with Crippen molar-refractivity contribution in [3.8, 4) is 0 Å². The zero-order valence-corrected chi connectivity index (χ0v) is 24.6. The Morgan fingerprint density at radius 1 is 0.925 bits per heavy atom. The Balaban J connectivity index is 1.70. The van der Waals surface area contributed by atoms with E-state index in [1.54, 1.807) is 48.5 Å². The van der Waals surface area contributed by atoms with Gasteiger partial charge in [0.05, 0.1) is 10.6 Å². The number of hydrogen-bond acceptors (Lipinski definition) is 4. The topological polar surface area (TPSA) is 86.8 Å². The molecule has 1 saturated carbocycles. The van der Waals surface area contributed by atoms with Gasteiger partial charge in [-0.05, 0) is 67.3 Å². The molecule has 0 aromatic heterocycles. The highest BCUT2D eigenvalue weighted by Gasteiger charge is 2.34. The fraction of sp³-hybridized carbons (Fsp3) is 0.333. The molecule has 212 valence electrons. The number of hydrogen-bond donors (Lipinski definition) is 1. The zero-order valence-electron chi connectivity index (χ0n) is 22.3. The van der Waals surface area contributed by atoms with Crippen molar-refractivity contribution >= 4 is 50.7 Å². The second-order valence-corrected chi connectivity index (χ2v) is 12.5. The molecule has 0 radical (unpaired) electrons. The van der Waals surface area contributed by atoms with Crippen molar-refractivity contribution in [1.82, 2.24) is 10.2 Å². The first kappa shape index (κ1) is 29.9. The van der Waals surface area contributed by atoms with Gasteiger partial charge >= 0.3 is 0 Å². The predicted molar refractivity (Wildman–Crippen MR) is 159 cm³/mol. The summed E-state index contributed by atoms with van der Waals surface area (Å²) >= 11 is 12.4. The van der Waals surface area contributed by atoms with Gasteiger partial charge in [-0.1, -0.05) is 79.4 Å². The molecule has 10 heteroatoms. The molecule has 1 fully saturated rings. The number of rotatable bonds is 11. The second kappa shape index (κ2) is 13.5. The number of halogens is 2. The smallest absolute Gasteiger partial charge is 0.264 e. The maximum absolute atomic E-state index is 14.1. The second-order valence-electron chi connectivity index (χ2n) is 9.83. The van der Waals surface area contributed by atoms with Gasteiger partial charge in [-0.2, -0.15) is 0 Å². The highest BCUT2D eigenvalue weighted by atomic mass is 35.5. The maximum Gasteiger partial charge on any atom is 0.264 e. The maximum atomic E-state index is 14.1. The van der Waals surface area contributed by atoms with E-state index in [1.807, 2.05) is 13.0 Å². The van der Waals surface area contributed by atoms with E-state index in [4.69, 9.17) is 23.2 Å². The number of para-hydroxylation sites is 1. The average molecular weight is 603 g/mol. The summed E-state index contributed by atoms with van der Waals surface area (Å²) in [5, 5.41) is 3.95. The summed E-state index contributed by atoms with van der Waals surface area (Å²) in [5.74, 6) is -0.767. The minimum Gasteiger partial charge on any atom is -0.352 e. The van der Waals surface area contributed by atoms with Crippen molar-refractivity contribution in [2.75, 3.05) is 10.8 Å². The fourth-order valence-electron chi connectivity index (χ4n) is 4.95. The number of amides is 2. The van der Waals surface area contributed by atoms with Crippen LogP contribution in [0.3, 0.4) is 0 Å². The molecule has 0 unspecified atom stereocenters. The van der Waals surface area contributed by atoms with Gasteiger partial charge in [0.15, 0.2) is 0 Å². The number of anilines is 1. The van der Waals surface area contributed by atoms with Gasteiger partial charge in [0, 0.05) is 22.6 Å². The Morgan fingerprint density at radius 3 is 2.17 bits per heavy atom.